The summed E-state index contributed by atoms with van der Waals surface area (Å²) in [7, 11) is 19.1. The molecule has 0 unspecified atom stereocenters. The van der Waals surface area contributed by atoms with Crippen molar-refractivity contribution in [2.24, 2.45) is 20.0 Å². The number of rotatable bonds is 12. The topological polar surface area (TPSA) is 75.2 Å². The summed E-state index contributed by atoms with van der Waals surface area (Å²) in [6, 6.07) is 70.1. The van der Waals surface area contributed by atoms with Crippen LogP contribution in [0.15, 0.2) is 226 Å². The zero-order valence-corrected chi connectivity index (χ0v) is 46.8. The Morgan fingerprint density at radius 3 is 0.797 bits per heavy atom. The summed E-state index contributed by atoms with van der Waals surface area (Å²) >= 11 is 0.389. The van der Waals surface area contributed by atoms with Gasteiger partial charge in [-0.3, -0.25) is 0 Å². The van der Waals surface area contributed by atoms with Gasteiger partial charge in [0, 0.05) is 22.3 Å². The number of benzene rings is 7. The van der Waals surface area contributed by atoms with Gasteiger partial charge in [-0.1, -0.05) is 169 Å². The molecule has 0 radical (unpaired) electrons. The van der Waals surface area contributed by atoms with Gasteiger partial charge in [0.25, 0.3) is 0 Å². The number of halogens is 4. The quantitative estimate of drug-likeness (QED) is 0.0903. The van der Waals surface area contributed by atoms with Crippen LogP contribution in [0.3, 0.4) is 0 Å². The molecular formula is C62H52Cl4Fe2N6. The van der Waals surface area contributed by atoms with E-state index in [4.69, 9.17) is 70.3 Å². The third kappa shape index (κ3) is 14.9. The minimum atomic E-state index is 0.194. The molecule has 12 heteroatoms. The van der Waals surface area contributed by atoms with E-state index in [1.807, 2.05) is 109 Å². The molecule has 2 heterocycles. The molecule has 0 saturated heterocycles. The molecule has 0 atom stereocenters. The second-order valence-corrected chi connectivity index (χ2v) is 20.9. The van der Waals surface area contributed by atoms with E-state index >= 15 is 0 Å². The van der Waals surface area contributed by atoms with Gasteiger partial charge < -0.3 is 0 Å². The average molecular weight is 1130 g/mol. The van der Waals surface area contributed by atoms with E-state index in [1.54, 1.807) is 0 Å². The summed E-state index contributed by atoms with van der Waals surface area (Å²) in [6.45, 7) is 12.6. The van der Waals surface area contributed by atoms with Crippen molar-refractivity contribution < 1.29 is 26.3 Å². The molecule has 6 nitrogen and oxygen atoms in total. The van der Waals surface area contributed by atoms with Crippen LogP contribution >= 0.6 is 40.4 Å². The number of nitrogens with zero attached hydrogens (tertiary/aromatic N) is 6. The minimum absolute atomic E-state index is 0.194. The Labute approximate surface area is 464 Å². The van der Waals surface area contributed by atoms with Gasteiger partial charge in [0.1, 0.15) is 0 Å². The second-order valence-electron chi connectivity index (χ2n) is 17.2. The number of hydrogen-bond acceptors (Lipinski definition) is 6. The van der Waals surface area contributed by atoms with Crippen LogP contribution in [-0.2, 0) is 26.3 Å². The van der Waals surface area contributed by atoms with Crippen LogP contribution in [0, 0.1) is 41.5 Å². The molecule has 0 saturated carbocycles. The van der Waals surface area contributed by atoms with Gasteiger partial charge in [-0.05, 0) is 112 Å². The molecule has 9 aromatic rings. The molecule has 0 amide bonds. The fourth-order valence-electron chi connectivity index (χ4n) is 8.23. The van der Waals surface area contributed by atoms with Crippen molar-refractivity contribution in [3.05, 3.63) is 285 Å². The molecule has 374 valence electrons. The van der Waals surface area contributed by atoms with Crippen molar-refractivity contribution in [3.63, 3.8) is 0 Å². The van der Waals surface area contributed by atoms with E-state index in [-0.39, 0.29) is 26.3 Å². The number of hydrogen-bond donors (Lipinski definition) is 0. The van der Waals surface area contributed by atoms with Crippen molar-refractivity contribution >= 4 is 86.0 Å². The second kappa shape index (κ2) is 27.9. The number of aromatic nitrogens is 2. The molecule has 0 fully saturated rings. The van der Waals surface area contributed by atoms with Crippen molar-refractivity contribution in [1.29, 1.82) is 0 Å². The van der Waals surface area contributed by atoms with Gasteiger partial charge in [-0.25, -0.2) is 29.9 Å². The predicted octanol–water partition coefficient (Wildman–Crippen LogP) is 17.8. The zero-order chi connectivity index (χ0) is 52.4. The Bertz CT molecular complexity index is 3210. The van der Waals surface area contributed by atoms with E-state index in [9.17, 15) is 0 Å². The van der Waals surface area contributed by atoms with Crippen molar-refractivity contribution in [3.8, 4) is 0 Å². The Morgan fingerprint density at radius 2 is 0.541 bits per heavy atom. The standard InChI is InChI=1S/C62H52N6.4ClH.2Fe/c1-41-33-35-51(43(3)37-41)65-59(47-21-11-7-12-22-47)53-29-19-31-55(63-53)61(49-25-15-9-16-26-49)67-57-39-46(6)58(40-45(57)5)68-62(50-27-17-10-18-28-50)56-32-20-30-54(64-56)60(48-23-13-8-14-24-48)66-52-36-34-42(2)38-44(52)4;;;;;;/h7-40H,1-6H3;4*1H;;/q;;;;;2*+2/p-4. The van der Waals surface area contributed by atoms with Crippen molar-refractivity contribution in [1.82, 2.24) is 9.97 Å². The molecule has 7 aromatic carbocycles. The van der Waals surface area contributed by atoms with Crippen LogP contribution in [0.25, 0.3) is 0 Å². The zero-order valence-electron chi connectivity index (χ0n) is 41.5. The van der Waals surface area contributed by atoms with E-state index in [1.165, 1.54) is 11.1 Å². The predicted molar refractivity (Wildman–Crippen MR) is 307 cm³/mol. The number of aryl methyl sites for hydroxylation is 6. The van der Waals surface area contributed by atoms with Crippen LogP contribution in [-0.4, -0.2) is 32.8 Å². The van der Waals surface area contributed by atoms with Gasteiger partial charge in [-0.2, -0.15) is 0 Å². The van der Waals surface area contributed by atoms with Crippen LogP contribution in [0.1, 0.15) is 78.4 Å². The molecule has 0 N–H and O–H groups in total. The molecule has 74 heavy (non-hydrogen) atoms. The van der Waals surface area contributed by atoms with E-state index < -0.39 is 0 Å². The van der Waals surface area contributed by atoms with Crippen LogP contribution in [0.5, 0.6) is 0 Å². The summed E-state index contributed by atoms with van der Waals surface area (Å²) in [5, 5.41) is 0. The molecule has 9 rings (SSSR count). The molecular weight excluding hydrogens is 1080 g/mol. The molecule has 0 spiro atoms. The maximum absolute atomic E-state index is 5.42. The van der Waals surface area contributed by atoms with Gasteiger partial charge in [-0.15, -0.1) is 0 Å². The van der Waals surface area contributed by atoms with Crippen LogP contribution in [0.4, 0.5) is 22.7 Å². The number of aliphatic imine (C=N–C) groups is 4. The first-order chi connectivity index (χ1) is 36.0. The summed E-state index contributed by atoms with van der Waals surface area (Å²) < 4.78 is 0. The monoisotopic (exact) mass is 1130 g/mol. The number of pyridine rings is 2. The Kier molecular flexibility index (Phi) is 20.9. The normalized spacial score (nSPS) is 11.9. The summed E-state index contributed by atoms with van der Waals surface area (Å²) in [6.07, 6.45) is 0. The van der Waals surface area contributed by atoms with Gasteiger partial charge in [0.2, 0.25) is 0 Å². The SMILES string of the molecule is Cc1ccc(N=C(c2ccccc2)c2cccc(C(=Nc3cc(C)c(N=C(c4ccccc4)c4cccc(C(=Nc5ccc(C)cc5C)c5ccccc5)n4)cc3C)c3ccccc3)n2)c(C)c1.[Cl][Fe][Cl].[Cl][Fe][Cl]. The third-order valence-corrected chi connectivity index (χ3v) is 11.8. The Morgan fingerprint density at radius 1 is 0.297 bits per heavy atom. The molecule has 0 aliphatic rings. The fraction of sp³-hybridized carbons (Fsp3) is 0.0968. The van der Waals surface area contributed by atoms with Crippen LogP contribution < -0.4 is 0 Å². The Hall–Kier alpha value is -6.28. The first kappa shape index (κ1) is 55.5. The van der Waals surface area contributed by atoms with E-state index in [0.717, 1.165) is 113 Å². The van der Waals surface area contributed by atoms with Crippen LogP contribution in [0.2, 0.25) is 0 Å². The van der Waals surface area contributed by atoms with Gasteiger partial charge in [0.05, 0.1) is 68.4 Å². The third-order valence-electron chi connectivity index (χ3n) is 11.8. The first-order valence-corrected chi connectivity index (χ1v) is 29.6. The summed E-state index contributed by atoms with van der Waals surface area (Å²) in [4.78, 5) is 32.0. The maximum atomic E-state index is 5.42. The van der Waals surface area contributed by atoms with Crippen molar-refractivity contribution in [2.45, 2.75) is 41.5 Å². The fourth-order valence-corrected chi connectivity index (χ4v) is 8.23. The molecule has 0 aliphatic heterocycles. The van der Waals surface area contributed by atoms with Gasteiger partial charge in [0.15, 0.2) is 0 Å². The van der Waals surface area contributed by atoms with E-state index in [0.29, 0.717) is 0 Å². The molecule has 0 bridgehead atoms. The van der Waals surface area contributed by atoms with Crippen molar-refractivity contribution in [2.75, 3.05) is 0 Å². The average Bonchev–Trinajstić information content (AvgIpc) is 3.41. The first-order valence-electron chi connectivity index (χ1n) is 23.5. The Balaban J connectivity index is 0.00000127. The molecule has 0 aliphatic carbocycles. The summed E-state index contributed by atoms with van der Waals surface area (Å²) in [5.74, 6) is 0. The molecule has 2 aromatic heterocycles. The summed E-state index contributed by atoms with van der Waals surface area (Å²) in [5.41, 5.74) is 20.0. The van der Waals surface area contributed by atoms with E-state index in [2.05, 4.69) is 139 Å². The van der Waals surface area contributed by atoms with Gasteiger partial charge >= 0.3 is 66.7 Å².